The molecular weight excluding hydrogens is 512 g/mol. The van der Waals surface area contributed by atoms with Crippen LogP contribution in [0.15, 0.2) is 78.9 Å². The van der Waals surface area contributed by atoms with Gasteiger partial charge < -0.3 is 20.1 Å². The Hall–Kier alpha value is -4.80. The van der Waals surface area contributed by atoms with Gasteiger partial charge in [-0.15, -0.1) is 0 Å². The highest BCUT2D eigenvalue weighted by Crippen LogP contribution is 2.23. The Balaban J connectivity index is 1.60. The Morgan fingerprint density at radius 3 is 2.08 bits per heavy atom. The molecule has 1 saturated heterocycles. The van der Waals surface area contributed by atoms with Crippen molar-refractivity contribution in [1.29, 1.82) is 0 Å². The molecule has 0 aromatic heterocycles. The van der Waals surface area contributed by atoms with E-state index in [0.717, 1.165) is 34.1 Å². The summed E-state index contributed by atoms with van der Waals surface area (Å²) in [6, 6.07) is 17.4. The zero-order valence-electron chi connectivity index (χ0n) is 20.6. The predicted octanol–water partition coefficient (Wildman–Crippen LogP) is 3.72. The van der Waals surface area contributed by atoms with Gasteiger partial charge in [0.05, 0.1) is 12.5 Å². The van der Waals surface area contributed by atoms with Crippen molar-refractivity contribution in [1.82, 2.24) is 15.1 Å². The first kappa shape index (κ1) is 27.2. The molecule has 2 N–H and O–H groups in total. The molecule has 202 valence electrons. The van der Waals surface area contributed by atoms with Crippen molar-refractivity contribution in [3.05, 3.63) is 107 Å². The van der Waals surface area contributed by atoms with Crippen LogP contribution in [-0.2, 0) is 20.9 Å². The number of halogens is 2. The molecule has 1 fully saturated rings. The predicted molar refractivity (Wildman–Crippen MR) is 134 cm³/mol. The normalized spacial score (nSPS) is 15.5. The minimum Gasteiger partial charge on any atom is -0.481 e. The zero-order chi connectivity index (χ0) is 27.9. The standard InChI is InChI=1S/C28H25F2N3O6/c29-21-10-6-19(7-11-21)23(16-24(34)35)31-25(36)26-32(27(37)20-8-12-22(30)13-9-20)14-15-33(26)28(38)39-17-18-4-2-1-3-5-18/h1-13,23,26H,14-17H2,(H,31,36)(H,34,35). The summed E-state index contributed by atoms with van der Waals surface area (Å²) in [7, 11) is 0. The van der Waals surface area contributed by atoms with Gasteiger partial charge in [0.2, 0.25) is 0 Å². The van der Waals surface area contributed by atoms with Gasteiger partial charge in [-0.25, -0.2) is 13.6 Å². The van der Waals surface area contributed by atoms with Crippen LogP contribution in [0.2, 0.25) is 0 Å². The zero-order valence-corrected chi connectivity index (χ0v) is 20.6. The lowest BCUT2D eigenvalue weighted by atomic mass is 10.0. The van der Waals surface area contributed by atoms with Crippen LogP contribution in [-0.4, -0.2) is 58.0 Å². The summed E-state index contributed by atoms with van der Waals surface area (Å²) in [5, 5.41) is 12.0. The highest BCUT2D eigenvalue weighted by molar-refractivity contribution is 5.99. The van der Waals surface area contributed by atoms with Crippen LogP contribution in [0, 0.1) is 11.6 Å². The summed E-state index contributed by atoms with van der Waals surface area (Å²) in [6.07, 6.45) is -2.87. The average Bonchev–Trinajstić information content (AvgIpc) is 3.38. The molecule has 2 unspecified atom stereocenters. The van der Waals surface area contributed by atoms with Crippen LogP contribution >= 0.6 is 0 Å². The summed E-state index contributed by atoms with van der Waals surface area (Å²) in [5.41, 5.74) is 1.12. The Morgan fingerprint density at radius 1 is 0.872 bits per heavy atom. The number of carbonyl (C=O) groups excluding carboxylic acids is 3. The molecule has 0 saturated carbocycles. The van der Waals surface area contributed by atoms with Crippen LogP contribution in [0.25, 0.3) is 0 Å². The molecule has 3 aromatic carbocycles. The van der Waals surface area contributed by atoms with Gasteiger partial charge in [-0.1, -0.05) is 42.5 Å². The average molecular weight is 538 g/mol. The van der Waals surface area contributed by atoms with Crippen molar-refractivity contribution in [2.24, 2.45) is 0 Å². The second-order valence-electron chi connectivity index (χ2n) is 8.82. The molecule has 0 aliphatic carbocycles. The fraction of sp³-hybridized carbons (Fsp3) is 0.214. The van der Waals surface area contributed by atoms with Crippen molar-refractivity contribution in [2.75, 3.05) is 13.1 Å². The maximum atomic E-state index is 13.6. The number of nitrogens with one attached hydrogen (secondary N) is 1. The quantitative estimate of drug-likeness (QED) is 0.453. The number of carboxylic acid groups (broad SMARTS) is 1. The van der Waals surface area contributed by atoms with E-state index in [0.29, 0.717) is 11.1 Å². The largest absolute Gasteiger partial charge is 0.481 e. The second-order valence-corrected chi connectivity index (χ2v) is 8.82. The number of nitrogens with zero attached hydrogens (tertiary/aromatic N) is 2. The Morgan fingerprint density at radius 2 is 1.46 bits per heavy atom. The third kappa shape index (κ3) is 6.75. The van der Waals surface area contributed by atoms with Gasteiger partial charge >= 0.3 is 12.1 Å². The highest BCUT2D eigenvalue weighted by atomic mass is 19.1. The third-order valence-electron chi connectivity index (χ3n) is 6.17. The number of amides is 3. The van der Waals surface area contributed by atoms with Crippen molar-refractivity contribution in [3.8, 4) is 0 Å². The van der Waals surface area contributed by atoms with E-state index in [2.05, 4.69) is 5.32 Å². The van der Waals surface area contributed by atoms with Gasteiger partial charge in [0, 0.05) is 18.7 Å². The fourth-order valence-electron chi connectivity index (χ4n) is 4.24. The van der Waals surface area contributed by atoms with Crippen LogP contribution in [0.3, 0.4) is 0 Å². The maximum Gasteiger partial charge on any atom is 0.412 e. The van der Waals surface area contributed by atoms with Gasteiger partial charge in [0.15, 0.2) is 6.17 Å². The van der Waals surface area contributed by atoms with Crippen LogP contribution in [0.1, 0.15) is 33.9 Å². The SMILES string of the molecule is O=C(O)CC(NC(=O)C1N(C(=O)OCc2ccccc2)CCN1C(=O)c1ccc(F)cc1)c1ccc(F)cc1. The number of benzene rings is 3. The van der Waals surface area contributed by atoms with E-state index in [9.17, 15) is 33.1 Å². The molecular formula is C28H25F2N3O6. The van der Waals surface area contributed by atoms with Crippen LogP contribution in [0.4, 0.5) is 13.6 Å². The molecule has 9 nitrogen and oxygen atoms in total. The summed E-state index contributed by atoms with van der Waals surface area (Å²) < 4.78 is 32.3. The molecule has 1 aliphatic heterocycles. The lowest BCUT2D eigenvalue weighted by molar-refractivity contribution is -0.138. The fourth-order valence-corrected chi connectivity index (χ4v) is 4.24. The molecule has 39 heavy (non-hydrogen) atoms. The minimum atomic E-state index is -1.48. The monoisotopic (exact) mass is 537 g/mol. The molecule has 0 radical (unpaired) electrons. The molecule has 1 heterocycles. The third-order valence-corrected chi connectivity index (χ3v) is 6.17. The first-order valence-corrected chi connectivity index (χ1v) is 12.0. The minimum absolute atomic E-state index is 0.0329. The van der Waals surface area contributed by atoms with Gasteiger partial charge in [0.25, 0.3) is 11.8 Å². The first-order chi connectivity index (χ1) is 18.7. The van der Waals surface area contributed by atoms with Crippen molar-refractivity contribution >= 4 is 23.9 Å². The number of rotatable bonds is 8. The molecule has 0 spiro atoms. The topological polar surface area (TPSA) is 116 Å². The van der Waals surface area contributed by atoms with Crippen molar-refractivity contribution in [2.45, 2.75) is 25.2 Å². The summed E-state index contributed by atoms with van der Waals surface area (Å²) in [4.78, 5) is 53.7. The second kappa shape index (κ2) is 12.2. The van der Waals surface area contributed by atoms with E-state index in [1.807, 2.05) is 0 Å². The van der Waals surface area contributed by atoms with Gasteiger partial charge in [0.1, 0.15) is 18.2 Å². The van der Waals surface area contributed by atoms with Gasteiger partial charge in [-0.05, 0) is 47.5 Å². The van der Waals surface area contributed by atoms with Gasteiger partial charge in [-0.2, -0.15) is 0 Å². The Kier molecular flexibility index (Phi) is 8.50. The van der Waals surface area contributed by atoms with E-state index < -0.39 is 54.1 Å². The van der Waals surface area contributed by atoms with Crippen molar-refractivity contribution in [3.63, 3.8) is 0 Å². The number of hydrogen-bond acceptors (Lipinski definition) is 5. The number of carbonyl (C=O) groups is 4. The first-order valence-electron chi connectivity index (χ1n) is 12.0. The molecule has 2 atom stereocenters. The lowest BCUT2D eigenvalue weighted by Gasteiger charge is -2.30. The summed E-state index contributed by atoms with van der Waals surface area (Å²) in [5.74, 6) is -3.79. The van der Waals surface area contributed by atoms with E-state index in [1.54, 1.807) is 30.3 Å². The molecule has 11 heteroatoms. The van der Waals surface area contributed by atoms with E-state index in [1.165, 1.54) is 24.3 Å². The van der Waals surface area contributed by atoms with E-state index in [-0.39, 0.29) is 25.3 Å². The molecule has 0 bridgehead atoms. The van der Waals surface area contributed by atoms with E-state index in [4.69, 9.17) is 4.74 Å². The van der Waals surface area contributed by atoms with Crippen LogP contribution < -0.4 is 5.32 Å². The number of ether oxygens (including phenoxy) is 1. The number of carboxylic acids is 1. The summed E-state index contributed by atoms with van der Waals surface area (Å²) >= 11 is 0. The highest BCUT2D eigenvalue weighted by Gasteiger charge is 2.44. The maximum absolute atomic E-state index is 13.6. The number of aliphatic carboxylic acids is 1. The smallest absolute Gasteiger partial charge is 0.412 e. The Bertz CT molecular complexity index is 1340. The summed E-state index contributed by atoms with van der Waals surface area (Å²) in [6.45, 7) is -0.151. The molecule has 3 aromatic rings. The molecule has 4 rings (SSSR count). The van der Waals surface area contributed by atoms with E-state index >= 15 is 0 Å². The van der Waals surface area contributed by atoms with Crippen LogP contribution in [0.5, 0.6) is 0 Å². The Labute approximate surface area is 222 Å². The molecule has 3 amide bonds. The number of hydrogen-bond donors (Lipinski definition) is 2. The molecule has 1 aliphatic rings. The van der Waals surface area contributed by atoms with Gasteiger partial charge in [-0.3, -0.25) is 19.3 Å². The lowest BCUT2D eigenvalue weighted by Crippen LogP contribution is -2.54. The van der Waals surface area contributed by atoms with Crippen molar-refractivity contribution < 1.29 is 37.8 Å².